The van der Waals surface area contributed by atoms with Crippen LogP contribution in [0.1, 0.15) is 23.1 Å². The number of carbonyl (C=O) groups excluding carboxylic acids is 1. The first-order valence-electron chi connectivity index (χ1n) is 5.85. The van der Waals surface area contributed by atoms with Crippen LogP contribution in [0.3, 0.4) is 0 Å². The van der Waals surface area contributed by atoms with Crippen molar-refractivity contribution in [3.05, 3.63) is 35.7 Å². The Kier molecular flexibility index (Phi) is 4.93. The molecule has 1 aromatic heterocycles. The van der Waals surface area contributed by atoms with Crippen LogP contribution in [-0.2, 0) is 6.42 Å². The van der Waals surface area contributed by atoms with Crippen LogP contribution in [0, 0.1) is 0 Å². The standard InChI is InChI=1S/C13H14N2O2S2/c1-3-12-14-13(19-15-12)18-8-11(16)9-5-4-6-10(7-9)17-2/h4-7H,3,8H2,1-2H3. The van der Waals surface area contributed by atoms with Gasteiger partial charge in [-0.05, 0) is 23.7 Å². The number of carbonyl (C=O) groups is 1. The molecule has 0 saturated carbocycles. The Bertz CT molecular complexity index is 569. The lowest BCUT2D eigenvalue weighted by atomic mass is 10.1. The van der Waals surface area contributed by atoms with E-state index in [1.807, 2.05) is 19.1 Å². The molecule has 0 atom stereocenters. The molecule has 2 rings (SSSR count). The molecule has 4 nitrogen and oxygen atoms in total. The smallest absolute Gasteiger partial charge is 0.173 e. The Hall–Kier alpha value is -1.40. The number of methoxy groups -OCH3 is 1. The van der Waals surface area contributed by atoms with Crippen molar-refractivity contribution in [1.29, 1.82) is 0 Å². The van der Waals surface area contributed by atoms with Crippen LogP contribution >= 0.6 is 23.3 Å². The third kappa shape index (κ3) is 3.78. The van der Waals surface area contributed by atoms with Crippen LogP contribution in [0.15, 0.2) is 28.6 Å². The van der Waals surface area contributed by atoms with E-state index in [1.165, 1.54) is 23.3 Å². The van der Waals surface area contributed by atoms with Crippen molar-refractivity contribution in [3.63, 3.8) is 0 Å². The van der Waals surface area contributed by atoms with E-state index < -0.39 is 0 Å². The topological polar surface area (TPSA) is 52.1 Å². The van der Waals surface area contributed by atoms with Crippen molar-refractivity contribution >= 4 is 29.1 Å². The van der Waals surface area contributed by atoms with Gasteiger partial charge in [0.25, 0.3) is 0 Å². The molecule has 0 spiro atoms. The number of aromatic nitrogens is 2. The summed E-state index contributed by atoms with van der Waals surface area (Å²) in [6.07, 6.45) is 0.820. The average Bonchev–Trinajstić information content (AvgIpc) is 2.93. The summed E-state index contributed by atoms with van der Waals surface area (Å²) in [5.74, 6) is 1.96. The van der Waals surface area contributed by atoms with E-state index in [0.29, 0.717) is 17.1 Å². The summed E-state index contributed by atoms with van der Waals surface area (Å²) in [5, 5.41) is 0. The molecular weight excluding hydrogens is 280 g/mol. The molecule has 0 bridgehead atoms. The molecule has 0 aliphatic rings. The number of ether oxygens (including phenoxy) is 1. The first kappa shape index (κ1) is 14.0. The van der Waals surface area contributed by atoms with Gasteiger partial charge in [-0.2, -0.15) is 4.37 Å². The maximum atomic E-state index is 12.0. The van der Waals surface area contributed by atoms with E-state index >= 15 is 0 Å². The number of hydrogen-bond donors (Lipinski definition) is 0. The van der Waals surface area contributed by atoms with Crippen molar-refractivity contribution in [1.82, 2.24) is 9.36 Å². The number of hydrogen-bond acceptors (Lipinski definition) is 6. The van der Waals surface area contributed by atoms with Crippen molar-refractivity contribution in [3.8, 4) is 5.75 Å². The Morgan fingerprint density at radius 3 is 3.00 bits per heavy atom. The molecule has 0 radical (unpaired) electrons. The van der Waals surface area contributed by atoms with Gasteiger partial charge in [0.05, 0.1) is 12.9 Å². The summed E-state index contributed by atoms with van der Waals surface area (Å²) in [4.78, 5) is 16.4. The van der Waals surface area contributed by atoms with Crippen LogP contribution in [0.4, 0.5) is 0 Å². The summed E-state index contributed by atoms with van der Waals surface area (Å²) in [7, 11) is 1.59. The minimum absolute atomic E-state index is 0.0668. The number of benzene rings is 1. The second kappa shape index (κ2) is 6.68. The monoisotopic (exact) mass is 294 g/mol. The van der Waals surface area contributed by atoms with Crippen molar-refractivity contribution < 1.29 is 9.53 Å². The van der Waals surface area contributed by atoms with Crippen LogP contribution in [-0.4, -0.2) is 28.0 Å². The van der Waals surface area contributed by atoms with Gasteiger partial charge in [-0.1, -0.05) is 30.8 Å². The molecule has 1 aromatic carbocycles. The molecule has 0 aliphatic carbocycles. The van der Waals surface area contributed by atoms with Gasteiger partial charge in [0.1, 0.15) is 11.6 Å². The Morgan fingerprint density at radius 1 is 1.47 bits per heavy atom. The molecule has 0 N–H and O–H groups in total. The molecule has 1 heterocycles. The summed E-state index contributed by atoms with van der Waals surface area (Å²) in [6, 6.07) is 7.18. The van der Waals surface area contributed by atoms with Crippen LogP contribution in [0.2, 0.25) is 0 Å². The minimum Gasteiger partial charge on any atom is -0.497 e. The van der Waals surface area contributed by atoms with Crippen molar-refractivity contribution in [2.45, 2.75) is 17.7 Å². The number of thioether (sulfide) groups is 1. The predicted molar refractivity (Wildman–Crippen MR) is 77.3 cm³/mol. The molecule has 2 aromatic rings. The fourth-order valence-electron chi connectivity index (χ4n) is 1.45. The summed E-state index contributed by atoms with van der Waals surface area (Å²) < 4.78 is 10.1. The lowest BCUT2D eigenvalue weighted by molar-refractivity contribution is 0.102. The number of ketones is 1. The van der Waals surface area contributed by atoms with Gasteiger partial charge < -0.3 is 4.74 Å². The largest absolute Gasteiger partial charge is 0.497 e. The van der Waals surface area contributed by atoms with E-state index in [1.54, 1.807) is 19.2 Å². The molecule has 0 fully saturated rings. The second-order valence-corrected chi connectivity index (χ2v) is 5.75. The van der Waals surface area contributed by atoms with Crippen molar-refractivity contribution in [2.24, 2.45) is 0 Å². The molecule has 0 aliphatic heterocycles. The molecule has 19 heavy (non-hydrogen) atoms. The van der Waals surface area contributed by atoms with Crippen molar-refractivity contribution in [2.75, 3.05) is 12.9 Å². The molecule has 0 unspecified atom stereocenters. The van der Waals surface area contributed by atoms with Crippen LogP contribution in [0.25, 0.3) is 0 Å². The third-order valence-electron chi connectivity index (χ3n) is 2.48. The Labute approximate surface area is 120 Å². The maximum Gasteiger partial charge on any atom is 0.173 e. The van der Waals surface area contributed by atoms with E-state index in [-0.39, 0.29) is 5.78 Å². The highest BCUT2D eigenvalue weighted by Crippen LogP contribution is 2.22. The fourth-order valence-corrected chi connectivity index (χ4v) is 3.04. The molecule has 0 saturated heterocycles. The molecule has 100 valence electrons. The van der Waals surface area contributed by atoms with Crippen LogP contribution in [0.5, 0.6) is 5.75 Å². The van der Waals surface area contributed by atoms with E-state index in [9.17, 15) is 4.79 Å². The highest BCUT2D eigenvalue weighted by atomic mass is 32.2. The molecular formula is C13H14N2O2S2. The average molecular weight is 294 g/mol. The van der Waals surface area contributed by atoms with E-state index in [2.05, 4.69) is 9.36 Å². The van der Waals surface area contributed by atoms with Gasteiger partial charge in [0.15, 0.2) is 10.1 Å². The normalized spacial score (nSPS) is 10.4. The van der Waals surface area contributed by atoms with Crippen LogP contribution < -0.4 is 4.74 Å². The quantitative estimate of drug-likeness (QED) is 0.605. The van der Waals surface area contributed by atoms with Gasteiger partial charge >= 0.3 is 0 Å². The number of nitrogens with zero attached hydrogens (tertiary/aromatic N) is 2. The summed E-state index contributed by atoms with van der Waals surface area (Å²) >= 11 is 2.77. The predicted octanol–water partition coefficient (Wildman–Crippen LogP) is 3.08. The Balaban J connectivity index is 1.96. The number of aryl methyl sites for hydroxylation is 1. The zero-order chi connectivity index (χ0) is 13.7. The first-order valence-corrected chi connectivity index (χ1v) is 7.61. The summed E-state index contributed by atoms with van der Waals surface area (Å²) in [6.45, 7) is 2.01. The van der Waals surface area contributed by atoms with Gasteiger partial charge in [-0.15, -0.1) is 0 Å². The fraction of sp³-hybridized carbons (Fsp3) is 0.308. The van der Waals surface area contributed by atoms with Gasteiger partial charge in [0, 0.05) is 12.0 Å². The number of Topliss-reactive ketones (excluding diaryl/α,β-unsaturated/α-hetero) is 1. The number of rotatable bonds is 6. The third-order valence-corrected chi connectivity index (χ3v) is 4.36. The van der Waals surface area contributed by atoms with Gasteiger partial charge in [-0.3, -0.25) is 4.79 Å². The lowest BCUT2D eigenvalue weighted by Gasteiger charge is -2.02. The highest BCUT2D eigenvalue weighted by Gasteiger charge is 2.10. The lowest BCUT2D eigenvalue weighted by Crippen LogP contribution is -2.02. The highest BCUT2D eigenvalue weighted by molar-refractivity contribution is 8.01. The molecule has 6 heteroatoms. The van der Waals surface area contributed by atoms with Gasteiger partial charge in [-0.25, -0.2) is 4.98 Å². The summed E-state index contributed by atoms with van der Waals surface area (Å²) in [5.41, 5.74) is 0.659. The Morgan fingerprint density at radius 2 is 2.32 bits per heavy atom. The van der Waals surface area contributed by atoms with E-state index in [4.69, 9.17) is 4.74 Å². The van der Waals surface area contributed by atoms with Gasteiger partial charge in [0.2, 0.25) is 0 Å². The second-order valence-electron chi connectivity index (χ2n) is 3.77. The maximum absolute atomic E-state index is 12.0. The van der Waals surface area contributed by atoms with E-state index in [0.717, 1.165) is 16.6 Å². The first-order chi connectivity index (χ1) is 9.22. The zero-order valence-electron chi connectivity index (χ0n) is 10.8. The minimum atomic E-state index is 0.0668. The molecule has 0 amide bonds. The zero-order valence-corrected chi connectivity index (χ0v) is 12.4. The SMILES string of the molecule is CCc1nsc(SCC(=O)c2cccc(OC)c2)n1.